The Morgan fingerprint density at radius 3 is 2.18 bits per heavy atom. The maximum absolute atomic E-state index is 11.0. The molecule has 0 unspecified atom stereocenters. The SMILES string of the molecule is CCCC(=O)OCCCCCCCCCC=O. The molecule has 0 N–H and O–H groups in total. The van der Waals surface area contributed by atoms with Gasteiger partial charge in [-0.2, -0.15) is 0 Å². The van der Waals surface area contributed by atoms with Crippen LogP contribution in [0.3, 0.4) is 0 Å². The van der Waals surface area contributed by atoms with Gasteiger partial charge in [0, 0.05) is 12.8 Å². The average molecular weight is 242 g/mol. The lowest BCUT2D eigenvalue weighted by Crippen LogP contribution is -2.04. The topological polar surface area (TPSA) is 43.4 Å². The lowest BCUT2D eigenvalue weighted by molar-refractivity contribution is -0.143. The van der Waals surface area contributed by atoms with E-state index in [1.165, 1.54) is 19.3 Å². The van der Waals surface area contributed by atoms with Crippen molar-refractivity contribution in [3.8, 4) is 0 Å². The number of ether oxygens (including phenoxy) is 1. The number of carbonyl (C=O) groups excluding carboxylic acids is 2. The van der Waals surface area contributed by atoms with Crippen LogP contribution < -0.4 is 0 Å². The summed E-state index contributed by atoms with van der Waals surface area (Å²) < 4.78 is 5.06. The maximum Gasteiger partial charge on any atom is 0.305 e. The summed E-state index contributed by atoms with van der Waals surface area (Å²) in [6.07, 6.45) is 11.0. The molecule has 0 aliphatic carbocycles. The Bertz CT molecular complexity index is 190. The third-order valence-electron chi connectivity index (χ3n) is 2.68. The van der Waals surface area contributed by atoms with E-state index in [4.69, 9.17) is 4.74 Å². The van der Waals surface area contributed by atoms with E-state index in [1.54, 1.807) is 0 Å². The van der Waals surface area contributed by atoms with Gasteiger partial charge in [0.15, 0.2) is 0 Å². The molecule has 0 aliphatic rings. The number of hydrogen-bond acceptors (Lipinski definition) is 3. The number of aldehydes is 1. The molecule has 0 aromatic heterocycles. The molecule has 0 amide bonds. The molecule has 0 aromatic rings. The third-order valence-corrected chi connectivity index (χ3v) is 2.68. The van der Waals surface area contributed by atoms with Crippen molar-refractivity contribution < 1.29 is 14.3 Å². The van der Waals surface area contributed by atoms with Crippen LogP contribution in [0.2, 0.25) is 0 Å². The van der Waals surface area contributed by atoms with Gasteiger partial charge in [-0.3, -0.25) is 4.79 Å². The van der Waals surface area contributed by atoms with Crippen molar-refractivity contribution in [3.63, 3.8) is 0 Å². The van der Waals surface area contributed by atoms with E-state index in [1.807, 2.05) is 6.92 Å². The van der Waals surface area contributed by atoms with Gasteiger partial charge in [0.05, 0.1) is 6.61 Å². The van der Waals surface area contributed by atoms with Crippen molar-refractivity contribution in [1.82, 2.24) is 0 Å². The number of unbranched alkanes of at least 4 members (excludes halogenated alkanes) is 7. The fraction of sp³-hybridized carbons (Fsp3) is 0.857. The van der Waals surface area contributed by atoms with Crippen molar-refractivity contribution >= 4 is 12.3 Å². The monoisotopic (exact) mass is 242 g/mol. The van der Waals surface area contributed by atoms with Gasteiger partial charge in [-0.25, -0.2) is 0 Å². The summed E-state index contributed by atoms with van der Waals surface area (Å²) in [7, 11) is 0. The summed E-state index contributed by atoms with van der Waals surface area (Å²) >= 11 is 0. The van der Waals surface area contributed by atoms with Crippen LogP contribution in [0.5, 0.6) is 0 Å². The highest BCUT2D eigenvalue weighted by molar-refractivity contribution is 5.69. The summed E-state index contributed by atoms with van der Waals surface area (Å²) in [5.74, 6) is -0.0682. The molecule has 0 rings (SSSR count). The first-order chi connectivity index (χ1) is 8.31. The molecule has 0 atom stereocenters. The quantitative estimate of drug-likeness (QED) is 0.298. The smallest absolute Gasteiger partial charge is 0.305 e. The Hall–Kier alpha value is -0.860. The Morgan fingerprint density at radius 2 is 1.59 bits per heavy atom. The predicted octanol–water partition coefficient (Wildman–Crippen LogP) is 3.65. The van der Waals surface area contributed by atoms with Crippen LogP contribution in [0.15, 0.2) is 0 Å². The molecule has 100 valence electrons. The summed E-state index contributed by atoms with van der Waals surface area (Å²) in [6, 6.07) is 0. The molecule has 3 heteroatoms. The van der Waals surface area contributed by atoms with Crippen LogP contribution in [0.25, 0.3) is 0 Å². The van der Waals surface area contributed by atoms with Crippen LogP contribution in [0, 0.1) is 0 Å². The Kier molecular flexibility index (Phi) is 12.5. The van der Waals surface area contributed by atoms with Crippen LogP contribution in [0.4, 0.5) is 0 Å². The second-order valence-electron chi connectivity index (χ2n) is 4.40. The summed E-state index contributed by atoms with van der Waals surface area (Å²) in [6.45, 7) is 2.55. The Balaban J connectivity index is 3.03. The van der Waals surface area contributed by atoms with Crippen LogP contribution in [-0.2, 0) is 14.3 Å². The van der Waals surface area contributed by atoms with E-state index in [-0.39, 0.29) is 5.97 Å². The lowest BCUT2D eigenvalue weighted by atomic mass is 10.1. The number of rotatable bonds is 12. The molecule has 0 saturated carbocycles. The first-order valence-electron chi connectivity index (χ1n) is 6.90. The van der Waals surface area contributed by atoms with Crippen LogP contribution in [0.1, 0.15) is 71.1 Å². The molecule has 0 spiro atoms. The lowest BCUT2D eigenvalue weighted by Gasteiger charge is -2.03. The number of carbonyl (C=O) groups is 2. The van der Waals surface area contributed by atoms with Crippen molar-refractivity contribution in [1.29, 1.82) is 0 Å². The van der Waals surface area contributed by atoms with Crippen molar-refractivity contribution in [2.24, 2.45) is 0 Å². The normalized spacial score (nSPS) is 10.2. The van der Waals surface area contributed by atoms with E-state index >= 15 is 0 Å². The molecule has 17 heavy (non-hydrogen) atoms. The minimum absolute atomic E-state index is 0.0682. The zero-order valence-electron chi connectivity index (χ0n) is 11.1. The fourth-order valence-electron chi connectivity index (χ4n) is 1.68. The van der Waals surface area contributed by atoms with Gasteiger partial charge in [0.25, 0.3) is 0 Å². The zero-order chi connectivity index (χ0) is 12.8. The maximum atomic E-state index is 11.0. The average Bonchev–Trinajstić information content (AvgIpc) is 2.32. The van der Waals surface area contributed by atoms with E-state index < -0.39 is 0 Å². The Labute approximate surface area is 105 Å². The van der Waals surface area contributed by atoms with Crippen molar-refractivity contribution in [3.05, 3.63) is 0 Å². The third kappa shape index (κ3) is 13.1. The van der Waals surface area contributed by atoms with E-state index in [9.17, 15) is 9.59 Å². The second-order valence-corrected chi connectivity index (χ2v) is 4.40. The zero-order valence-corrected chi connectivity index (χ0v) is 11.1. The molecule has 3 nitrogen and oxygen atoms in total. The summed E-state index contributed by atoms with van der Waals surface area (Å²) in [5.41, 5.74) is 0. The molecular formula is C14H26O3. The van der Waals surface area contributed by atoms with Gasteiger partial charge in [-0.1, -0.05) is 39.0 Å². The Morgan fingerprint density at radius 1 is 1.00 bits per heavy atom. The minimum Gasteiger partial charge on any atom is -0.466 e. The van der Waals surface area contributed by atoms with Crippen LogP contribution in [-0.4, -0.2) is 18.9 Å². The molecule has 0 aromatic carbocycles. The molecule has 0 heterocycles. The standard InChI is InChI=1S/C14H26O3/c1-2-11-14(16)17-13-10-8-6-4-3-5-7-9-12-15/h12H,2-11,13H2,1H3. The molecule has 0 fully saturated rings. The van der Waals surface area contributed by atoms with Gasteiger partial charge in [-0.15, -0.1) is 0 Å². The highest BCUT2D eigenvalue weighted by Crippen LogP contribution is 2.08. The van der Waals surface area contributed by atoms with Gasteiger partial charge in [-0.05, 0) is 19.3 Å². The highest BCUT2D eigenvalue weighted by atomic mass is 16.5. The number of hydrogen-bond donors (Lipinski definition) is 0. The van der Waals surface area contributed by atoms with Gasteiger partial charge < -0.3 is 9.53 Å². The highest BCUT2D eigenvalue weighted by Gasteiger charge is 1.99. The predicted molar refractivity (Wildman–Crippen MR) is 68.9 cm³/mol. The fourth-order valence-corrected chi connectivity index (χ4v) is 1.68. The van der Waals surface area contributed by atoms with Gasteiger partial charge >= 0.3 is 5.97 Å². The van der Waals surface area contributed by atoms with Gasteiger partial charge in [0.2, 0.25) is 0 Å². The summed E-state index contributed by atoms with van der Waals surface area (Å²) in [4.78, 5) is 21.1. The van der Waals surface area contributed by atoms with E-state index in [0.717, 1.165) is 38.4 Å². The second kappa shape index (κ2) is 13.2. The molecule has 0 aliphatic heterocycles. The van der Waals surface area contributed by atoms with Crippen molar-refractivity contribution in [2.75, 3.05) is 6.61 Å². The largest absolute Gasteiger partial charge is 0.466 e. The van der Waals surface area contributed by atoms with Gasteiger partial charge in [0.1, 0.15) is 6.29 Å². The minimum atomic E-state index is -0.0682. The van der Waals surface area contributed by atoms with E-state index in [2.05, 4.69) is 0 Å². The number of esters is 1. The summed E-state index contributed by atoms with van der Waals surface area (Å²) in [5, 5.41) is 0. The molecule has 0 bridgehead atoms. The van der Waals surface area contributed by atoms with Crippen LogP contribution >= 0.6 is 0 Å². The first kappa shape index (κ1) is 16.1. The molecule has 0 radical (unpaired) electrons. The molecular weight excluding hydrogens is 216 g/mol. The van der Waals surface area contributed by atoms with E-state index in [0.29, 0.717) is 19.4 Å². The molecule has 0 saturated heterocycles. The van der Waals surface area contributed by atoms with Crippen molar-refractivity contribution in [2.45, 2.75) is 71.1 Å². The first-order valence-corrected chi connectivity index (χ1v) is 6.90.